The van der Waals surface area contributed by atoms with Crippen molar-refractivity contribution in [3.63, 3.8) is 0 Å². The van der Waals surface area contributed by atoms with E-state index in [0.29, 0.717) is 5.56 Å². The van der Waals surface area contributed by atoms with Crippen LogP contribution in [0.25, 0.3) is 6.08 Å². The van der Waals surface area contributed by atoms with Crippen LogP contribution in [-0.4, -0.2) is 11.8 Å². The second-order valence-electron chi connectivity index (χ2n) is 9.11. The maximum Gasteiger partial charge on any atom is 0.212 e. The molecule has 4 nitrogen and oxygen atoms in total. The van der Waals surface area contributed by atoms with Crippen LogP contribution in [0, 0.1) is 39.3 Å². The molecule has 4 rings (SSSR count). The first-order valence-electron chi connectivity index (χ1n) is 10.0. The summed E-state index contributed by atoms with van der Waals surface area (Å²) in [4.78, 5) is 14.4. The van der Waals surface area contributed by atoms with Gasteiger partial charge in [-0.25, -0.2) is 4.39 Å². The molecule has 2 aromatic carbocycles. The first-order chi connectivity index (χ1) is 14.2. The van der Waals surface area contributed by atoms with Crippen molar-refractivity contribution in [2.45, 2.75) is 38.8 Å². The van der Waals surface area contributed by atoms with Gasteiger partial charge >= 0.3 is 0 Å². The Kier molecular flexibility index (Phi) is 4.60. The quantitative estimate of drug-likeness (QED) is 0.838. The van der Waals surface area contributed by atoms with Crippen LogP contribution < -0.4 is 4.90 Å². The second-order valence-corrected chi connectivity index (χ2v) is 9.11. The number of quaternary nitrogens is 1. The van der Waals surface area contributed by atoms with Crippen LogP contribution in [-0.2, 0) is 4.79 Å². The molecular formula is C25H23FN3O+. The first-order valence-corrected chi connectivity index (χ1v) is 10.0. The van der Waals surface area contributed by atoms with E-state index >= 15 is 0 Å². The van der Waals surface area contributed by atoms with Gasteiger partial charge in [0.1, 0.15) is 5.82 Å². The lowest BCUT2D eigenvalue weighted by atomic mass is 9.66. The average molecular weight is 400 g/mol. The minimum absolute atomic E-state index is 0.0480. The van der Waals surface area contributed by atoms with E-state index in [0.717, 1.165) is 16.0 Å². The van der Waals surface area contributed by atoms with Crippen LogP contribution in [0.15, 0.2) is 54.7 Å². The van der Waals surface area contributed by atoms with Crippen molar-refractivity contribution in [2.75, 3.05) is 0 Å². The number of rotatable bonds is 2. The number of fused-ring (bicyclic) bond motifs is 3. The summed E-state index contributed by atoms with van der Waals surface area (Å²) in [6.07, 6.45) is 3.83. The summed E-state index contributed by atoms with van der Waals surface area (Å²) in [6.45, 7) is 5.52. The Hall–Kier alpha value is -3.28. The van der Waals surface area contributed by atoms with E-state index in [1.54, 1.807) is 12.1 Å². The van der Waals surface area contributed by atoms with Crippen molar-refractivity contribution in [1.29, 1.82) is 10.5 Å². The lowest BCUT2D eigenvalue weighted by molar-refractivity contribution is -0.885. The van der Waals surface area contributed by atoms with Crippen LogP contribution in [0.4, 0.5) is 4.39 Å². The highest BCUT2D eigenvalue weighted by atomic mass is 19.1. The number of nitriles is 2. The Bertz CT molecular complexity index is 1120. The zero-order chi connectivity index (χ0) is 21.7. The highest BCUT2D eigenvalue weighted by Gasteiger charge is 2.68. The van der Waals surface area contributed by atoms with Crippen LogP contribution in [0.1, 0.15) is 49.4 Å². The number of halogens is 1. The van der Waals surface area contributed by atoms with E-state index in [9.17, 15) is 19.7 Å². The number of hydrogen-bond donors (Lipinski definition) is 1. The second kappa shape index (κ2) is 6.90. The molecule has 4 atom stereocenters. The number of carbonyl (C=O) groups excluding carboxylic acids is 1. The van der Waals surface area contributed by atoms with Crippen molar-refractivity contribution < 1.29 is 14.1 Å². The fourth-order valence-electron chi connectivity index (χ4n) is 5.03. The maximum absolute atomic E-state index is 14.2. The fraction of sp³-hybridized carbons (Fsp3) is 0.320. The molecule has 1 N–H and O–H groups in total. The van der Waals surface area contributed by atoms with Crippen LogP contribution >= 0.6 is 0 Å². The zero-order valence-corrected chi connectivity index (χ0v) is 17.2. The lowest BCUT2D eigenvalue weighted by Crippen LogP contribution is -3.12. The van der Waals surface area contributed by atoms with Gasteiger partial charge in [0.05, 0.1) is 24.3 Å². The molecule has 2 aromatic rings. The van der Waals surface area contributed by atoms with Gasteiger partial charge in [-0.1, -0.05) is 57.2 Å². The Morgan fingerprint density at radius 3 is 2.43 bits per heavy atom. The summed E-state index contributed by atoms with van der Waals surface area (Å²) in [6, 6.07) is 17.0. The molecule has 0 spiro atoms. The topological polar surface area (TPSA) is 69.1 Å². The van der Waals surface area contributed by atoms with Crippen LogP contribution in [0.3, 0.4) is 0 Å². The minimum Gasteiger partial charge on any atom is -0.292 e. The molecule has 2 heterocycles. The van der Waals surface area contributed by atoms with Gasteiger partial charge in [0.25, 0.3) is 0 Å². The van der Waals surface area contributed by atoms with E-state index < -0.39 is 34.6 Å². The molecule has 0 saturated carbocycles. The molecule has 2 aliphatic heterocycles. The van der Waals surface area contributed by atoms with Gasteiger partial charge in [-0.05, 0) is 29.3 Å². The molecule has 0 amide bonds. The molecule has 0 radical (unpaired) electrons. The van der Waals surface area contributed by atoms with E-state index in [4.69, 9.17) is 0 Å². The van der Waals surface area contributed by atoms with E-state index in [-0.39, 0.29) is 5.78 Å². The number of carbonyl (C=O) groups is 1. The first kappa shape index (κ1) is 20.0. The third-order valence-electron chi connectivity index (χ3n) is 6.33. The lowest BCUT2D eigenvalue weighted by Gasteiger charge is -2.31. The van der Waals surface area contributed by atoms with Crippen molar-refractivity contribution in [1.82, 2.24) is 0 Å². The molecule has 1 saturated heterocycles. The molecule has 1 fully saturated rings. The zero-order valence-electron chi connectivity index (χ0n) is 17.2. The predicted octanol–water partition coefficient (Wildman–Crippen LogP) is 3.55. The fourth-order valence-corrected chi connectivity index (χ4v) is 5.03. The molecule has 30 heavy (non-hydrogen) atoms. The van der Waals surface area contributed by atoms with Crippen molar-refractivity contribution in [3.05, 3.63) is 77.2 Å². The van der Waals surface area contributed by atoms with Crippen LogP contribution in [0.2, 0.25) is 0 Å². The minimum atomic E-state index is -1.52. The third kappa shape index (κ3) is 2.78. The van der Waals surface area contributed by atoms with Crippen molar-refractivity contribution in [2.24, 2.45) is 10.8 Å². The van der Waals surface area contributed by atoms with Gasteiger partial charge in [0, 0.05) is 11.0 Å². The predicted molar refractivity (Wildman–Crippen MR) is 110 cm³/mol. The summed E-state index contributed by atoms with van der Waals surface area (Å²) in [7, 11) is 0. The summed E-state index contributed by atoms with van der Waals surface area (Å²) in [5, 5.41) is 20.7. The molecule has 150 valence electrons. The Morgan fingerprint density at radius 1 is 1.10 bits per heavy atom. The standard InChI is InChI=1S/C25H22FN3O/c1-24(2,3)23(30)21-20(17-8-6-9-18(26)13-17)25(14-27,15-28)22-19-10-5-4-7-16(19)11-12-29(21)22/h4-13,20-22H,1-3H3/p+1/t20-,21+,22-/m0/s1. The molecular weight excluding hydrogens is 377 g/mol. The van der Waals surface area contributed by atoms with E-state index in [1.165, 1.54) is 12.1 Å². The Morgan fingerprint density at radius 2 is 1.80 bits per heavy atom. The molecule has 5 heteroatoms. The van der Waals surface area contributed by atoms with Crippen molar-refractivity contribution in [3.8, 4) is 12.1 Å². The molecule has 1 unspecified atom stereocenters. The highest BCUT2D eigenvalue weighted by molar-refractivity contribution is 5.89. The number of benzene rings is 2. The number of nitrogens with zero attached hydrogens (tertiary/aromatic N) is 2. The van der Waals surface area contributed by atoms with E-state index in [2.05, 4.69) is 12.1 Å². The highest BCUT2D eigenvalue weighted by Crippen LogP contribution is 2.52. The number of Topliss-reactive ketones (excluding diaryl/α,β-unsaturated/α-hetero) is 1. The van der Waals surface area contributed by atoms with Crippen molar-refractivity contribution >= 4 is 11.9 Å². The Balaban J connectivity index is 2.03. The van der Waals surface area contributed by atoms with Gasteiger partial charge in [-0.3, -0.25) is 9.69 Å². The summed E-state index contributed by atoms with van der Waals surface area (Å²) < 4.78 is 14.2. The van der Waals surface area contributed by atoms with E-state index in [1.807, 2.05) is 57.3 Å². The monoisotopic (exact) mass is 400 g/mol. The molecule has 2 aliphatic rings. The molecule has 0 aromatic heterocycles. The van der Waals surface area contributed by atoms with Gasteiger partial charge in [0.15, 0.2) is 17.9 Å². The molecule has 0 bridgehead atoms. The van der Waals surface area contributed by atoms with Gasteiger partial charge in [0.2, 0.25) is 5.41 Å². The normalized spacial score (nSPS) is 26.2. The number of hydrogen-bond acceptors (Lipinski definition) is 3. The van der Waals surface area contributed by atoms with Gasteiger partial charge < -0.3 is 0 Å². The largest absolute Gasteiger partial charge is 0.292 e. The summed E-state index contributed by atoms with van der Waals surface area (Å²) >= 11 is 0. The van der Waals surface area contributed by atoms with Gasteiger partial charge in [-0.15, -0.1) is 0 Å². The third-order valence-corrected chi connectivity index (χ3v) is 6.33. The SMILES string of the molecule is CC(C)(C)C(=O)[C@H]1[C@H](c2cccc(F)c2)C(C#N)(C#N)[C@@H]2c3ccccc3C=C[NH+]21. The number of ketones is 1. The maximum atomic E-state index is 14.2. The Labute approximate surface area is 175 Å². The summed E-state index contributed by atoms with van der Waals surface area (Å²) in [5.41, 5.74) is 0.106. The average Bonchev–Trinajstić information content (AvgIpc) is 3.03. The smallest absolute Gasteiger partial charge is 0.212 e. The summed E-state index contributed by atoms with van der Waals surface area (Å²) in [5.74, 6) is -1.26. The van der Waals surface area contributed by atoms with Gasteiger partial charge in [-0.2, -0.15) is 10.5 Å². The molecule has 0 aliphatic carbocycles. The van der Waals surface area contributed by atoms with Crippen LogP contribution in [0.5, 0.6) is 0 Å². The number of nitrogens with one attached hydrogen (secondary N) is 1.